The fourth-order valence-electron chi connectivity index (χ4n) is 3.92. The molecule has 5 aromatic rings. The largest absolute Gasteiger partial charge is 0.298 e. The van der Waals surface area contributed by atoms with Crippen molar-refractivity contribution in [1.29, 1.82) is 0 Å². The number of carbonyl (C=O) groups excluding carboxylic acids is 1. The fourth-order valence-corrected chi connectivity index (χ4v) is 3.92. The number of fused-ring (bicyclic) bond motifs is 2. The molecule has 0 atom stereocenters. The van der Waals surface area contributed by atoms with Gasteiger partial charge < -0.3 is 0 Å². The van der Waals surface area contributed by atoms with Crippen molar-refractivity contribution in [3.05, 3.63) is 131 Å². The van der Waals surface area contributed by atoms with Crippen LogP contribution >= 0.6 is 0 Å². The quantitative estimate of drug-likeness (QED) is 0.233. The van der Waals surface area contributed by atoms with Crippen LogP contribution in [0.1, 0.15) is 27.0 Å². The third kappa shape index (κ3) is 3.54. The summed E-state index contributed by atoms with van der Waals surface area (Å²) >= 11 is 0. The van der Waals surface area contributed by atoms with Gasteiger partial charge in [-0.1, -0.05) is 91.0 Å². The first kappa shape index (κ1) is 18.1. The van der Waals surface area contributed by atoms with Crippen LogP contribution in [0.3, 0.4) is 0 Å². The van der Waals surface area contributed by atoms with Crippen LogP contribution in [0.4, 0.5) is 0 Å². The van der Waals surface area contributed by atoms with Crippen LogP contribution in [-0.2, 0) is 0 Å². The zero-order valence-corrected chi connectivity index (χ0v) is 16.5. The van der Waals surface area contributed by atoms with Crippen LogP contribution in [0, 0.1) is 0 Å². The molecular formula is C29H20O. The van der Waals surface area contributed by atoms with Crippen LogP contribution < -0.4 is 0 Å². The molecule has 5 aromatic carbocycles. The highest BCUT2D eigenvalue weighted by Gasteiger charge is 2.07. The maximum absolute atomic E-state index is 11.1. The second-order valence-electron chi connectivity index (χ2n) is 7.47. The lowest BCUT2D eigenvalue weighted by Gasteiger charge is -2.11. The van der Waals surface area contributed by atoms with E-state index in [-0.39, 0.29) is 0 Å². The molecular weight excluding hydrogens is 364 g/mol. The molecule has 0 heterocycles. The summed E-state index contributed by atoms with van der Waals surface area (Å²) in [6.45, 7) is 0. The fraction of sp³-hybridized carbons (Fsp3) is 0. The maximum Gasteiger partial charge on any atom is 0.150 e. The molecule has 0 bridgehead atoms. The Kier molecular flexibility index (Phi) is 4.71. The van der Waals surface area contributed by atoms with Gasteiger partial charge in [0, 0.05) is 5.56 Å². The highest BCUT2D eigenvalue weighted by molar-refractivity contribution is 5.97. The van der Waals surface area contributed by atoms with Crippen LogP contribution in [0.5, 0.6) is 0 Å². The third-order valence-corrected chi connectivity index (χ3v) is 5.48. The van der Waals surface area contributed by atoms with E-state index in [4.69, 9.17) is 0 Å². The molecule has 0 saturated carbocycles. The van der Waals surface area contributed by atoms with Crippen LogP contribution in [0.25, 0.3) is 33.2 Å². The predicted octanol–water partition coefficient (Wildman–Crippen LogP) is 7.39. The van der Waals surface area contributed by atoms with Gasteiger partial charge in [-0.2, -0.15) is 0 Å². The highest BCUT2D eigenvalue weighted by Crippen LogP contribution is 2.29. The predicted molar refractivity (Wildman–Crippen MR) is 127 cm³/mol. The molecule has 1 nitrogen and oxygen atoms in total. The van der Waals surface area contributed by atoms with E-state index in [0.717, 1.165) is 22.6 Å². The SMILES string of the molecule is O=Cc1ccc2cc(/C=C(/c3ccccc3)c3ccc4ccccc4c3)ccc2c1. The van der Waals surface area contributed by atoms with Gasteiger partial charge in [-0.25, -0.2) is 0 Å². The van der Waals surface area contributed by atoms with Crippen molar-refractivity contribution >= 4 is 39.5 Å². The number of benzene rings is 5. The number of rotatable bonds is 4. The summed E-state index contributed by atoms with van der Waals surface area (Å²) in [6, 6.07) is 37.7. The molecule has 0 amide bonds. The lowest BCUT2D eigenvalue weighted by molar-refractivity contribution is 0.112. The van der Waals surface area contributed by atoms with E-state index >= 15 is 0 Å². The molecule has 0 spiro atoms. The number of hydrogen-bond acceptors (Lipinski definition) is 1. The monoisotopic (exact) mass is 384 g/mol. The first-order valence-electron chi connectivity index (χ1n) is 10.1. The van der Waals surface area contributed by atoms with E-state index in [0.29, 0.717) is 5.56 Å². The van der Waals surface area contributed by atoms with Gasteiger partial charge in [-0.3, -0.25) is 4.79 Å². The summed E-state index contributed by atoms with van der Waals surface area (Å²) in [5.41, 5.74) is 5.39. The van der Waals surface area contributed by atoms with E-state index < -0.39 is 0 Å². The third-order valence-electron chi connectivity index (χ3n) is 5.48. The van der Waals surface area contributed by atoms with Gasteiger partial charge >= 0.3 is 0 Å². The average Bonchev–Trinajstić information content (AvgIpc) is 2.82. The van der Waals surface area contributed by atoms with Crippen molar-refractivity contribution in [2.75, 3.05) is 0 Å². The molecule has 30 heavy (non-hydrogen) atoms. The van der Waals surface area contributed by atoms with E-state index in [1.54, 1.807) is 0 Å². The van der Waals surface area contributed by atoms with Crippen molar-refractivity contribution in [3.8, 4) is 0 Å². The Labute approximate surface area is 175 Å². The zero-order chi connectivity index (χ0) is 20.3. The van der Waals surface area contributed by atoms with Crippen molar-refractivity contribution in [2.45, 2.75) is 0 Å². The van der Waals surface area contributed by atoms with Crippen molar-refractivity contribution in [2.24, 2.45) is 0 Å². The lowest BCUT2D eigenvalue weighted by atomic mass is 9.93. The van der Waals surface area contributed by atoms with E-state index in [2.05, 4.69) is 91.0 Å². The Hall–Kier alpha value is -3.97. The molecule has 0 aliphatic heterocycles. The Morgan fingerprint density at radius 1 is 0.500 bits per heavy atom. The molecule has 142 valence electrons. The molecule has 0 aliphatic rings. The molecule has 0 aromatic heterocycles. The Bertz CT molecular complexity index is 1390. The first-order chi connectivity index (χ1) is 14.8. The number of carbonyl (C=O) groups is 1. The summed E-state index contributed by atoms with van der Waals surface area (Å²) < 4.78 is 0. The van der Waals surface area contributed by atoms with Gasteiger partial charge in [-0.15, -0.1) is 0 Å². The van der Waals surface area contributed by atoms with Crippen LogP contribution in [0.15, 0.2) is 109 Å². The van der Waals surface area contributed by atoms with Gasteiger partial charge in [0.1, 0.15) is 6.29 Å². The zero-order valence-electron chi connectivity index (χ0n) is 16.5. The Morgan fingerprint density at radius 3 is 1.87 bits per heavy atom. The maximum atomic E-state index is 11.1. The Morgan fingerprint density at radius 2 is 1.10 bits per heavy atom. The second-order valence-corrected chi connectivity index (χ2v) is 7.47. The smallest absolute Gasteiger partial charge is 0.150 e. The van der Waals surface area contributed by atoms with Gasteiger partial charge in [-0.05, 0) is 68.1 Å². The normalized spacial score (nSPS) is 11.7. The van der Waals surface area contributed by atoms with Crippen LogP contribution in [-0.4, -0.2) is 6.29 Å². The van der Waals surface area contributed by atoms with Gasteiger partial charge in [0.2, 0.25) is 0 Å². The standard InChI is InChI=1S/C29H20O/c30-20-22-11-13-26-16-21(10-12-27(26)17-22)18-29(24-7-2-1-3-8-24)28-15-14-23-6-4-5-9-25(23)19-28/h1-20H/b29-18-. The van der Waals surface area contributed by atoms with E-state index in [1.807, 2.05) is 24.3 Å². The van der Waals surface area contributed by atoms with Crippen molar-refractivity contribution < 1.29 is 4.79 Å². The molecule has 0 N–H and O–H groups in total. The second kappa shape index (κ2) is 7.81. The Balaban J connectivity index is 1.67. The van der Waals surface area contributed by atoms with Crippen molar-refractivity contribution in [3.63, 3.8) is 0 Å². The van der Waals surface area contributed by atoms with E-state index in [1.165, 1.54) is 27.5 Å². The van der Waals surface area contributed by atoms with Gasteiger partial charge in [0.15, 0.2) is 0 Å². The van der Waals surface area contributed by atoms with Gasteiger partial charge in [0.25, 0.3) is 0 Å². The molecule has 0 radical (unpaired) electrons. The molecule has 1 heteroatoms. The number of aldehydes is 1. The van der Waals surface area contributed by atoms with Gasteiger partial charge in [0.05, 0.1) is 0 Å². The number of hydrogen-bond donors (Lipinski definition) is 0. The lowest BCUT2D eigenvalue weighted by Crippen LogP contribution is -1.89. The minimum atomic E-state index is 0.701. The molecule has 5 rings (SSSR count). The summed E-state index contributed by atoms with van der Waals surface area (Å²) in [4.78, 5) is 11.1. The molecule has 0 fully saturated rings. The molecule has 0 saturated heterocycles. The van der Waals surface area contributed by atoms with Crippen molar-refractivity contribution in [1.82, 2.24) is 0 Å². The summed E-state index contributed by atoms with van der Waals surface area (Å²) in [5.74, 6) is 0. The summed E-state index contributed by atoms with van der Waals surface area (Å²) in [7, 11) is 0. The average molecular weight is 384 g/mol. The summed E-state index contributed by atoms with van der Waals surface area (Å²) in [5, 5.41) is 4.67. The summed E-state index contributed by atoms with van der Waals surface area (Å²) in [6.07, 6.45) is 3.13. The van der Waals surface area contributed by atoms with Crippen LogP contribution in [0.2, 0.25) is 0 Å². The first-order valence-corrected chi connectivity index (χ1v) is 10.1. The van der Waals surface area contributed by atoms with E-state index in [9.17, 15) is 4.79 Å². The molecule has 0 unspecified atom stereocenters. The topological polar surface area (TPSA) is 17.1 Å². The minimum absolute atomic E-state index is 0.701. The minimum Gasteiger partial charge on any atom is -0.298 e. The molecule has 0 aliphatic carbocycles. The highest BCUT2D eigenvalue weighted by atomic mass is 16.1.